The average Bonchev–Trinajstić information content (AvgIpc) is 1.80. The van der Waals surface area contributed by atoms with E-state index in [0.717, 1.165) is 12.5 Å². The molecule has 0 amide bonds. The second-order valence-electron chi connectivity index (χ2n) is 4.05. The molecule has 0 aliphatic heterocycles. The summed E-state index contributed by atoms with van der Waals surface area (Å²) in [5.74, 6) is 0.789. The summed E-state index contributed by atoms with van der Waals surface area (Å²) < 4.78 is 0. The van der Waals surface area contributed by atoms with E-state index >= 15 is 0 Å². The van der Waals surface area contributed by atoms with Gasteiger partial charge in [0.2, 0.25) is 0 Å². The first-order valence-electron chi connectivity index (χ1n) is 4.22. The molecule has 0 saturated heterocycles. The van der Waals surface area contributed by atoms with Gasteiger partial charge in [-0.25, -0.2) is 0 Å². The Balaban J connectivity index is 3.81. The van der Waals surface area contributed by atoms with Crippen molar-refractivity contribution < 1.29 is 0 Å². The van der Waals surface area contributed by atoms with Crippen LogP contribution in [0.25, 0.3) is 0 Å². The molecule has 1 heteroatoms. The van der Waals surface area contributed by atoms with Crippen molar-refractivity contribution in [3.63, 3.8) is 0 Å². The Morgan fingerprint density at radius 1 is 1.30 bits per heavy atom. The van der Waals surface area contributed by atoms with E-state index in [9.17, 15) is 0 Å². The van der Waals surface area contributed by atoms with Gasteiger partial charge >= 0.3 is 0 Å². The van der Waals surface area contributed by atoms with Crippen molar-refractivity contribution in [1.82, 2.24) is 0 Å². The lowest BCUT2D eigenvalue weighted by molar-refractivity contribution is 0.222. The minimum Gasteiger partial charge on any atom is -0.330 e. The van der Waals surface area contributed by atoms with Crippen LogP contribution >= 0.6 is 0 Å². The number of hydrogen-bond acceptors (Lipinski definition) is 1. The summed E-state index contributed by atoms with van der Waals surface area (Å²) in [7, 11) is 0. The lowest BCUT2D eigenvalue weighted by atomic mass is 9.77. The van der Waals surface area contributed by atoms with Crippen LogP contribution in [0.5, 0.6) is 0 Å². The minimum atomic E-state index is 0.439. The molecule has 10 heavy (non-hydrogen) atoms. The second-order valence-corrected chi connectivity index (χ2v) is 4.05. The Hall–Kier alpha value is -0.0400. The van der Waals surface area contributed by atoms with Gasteiger partial charge in [0.25, 0.3) is 0 Å². The molecule has 0 fully saturated rings. The molecule has 0 rings (SSSR count). The molecule has 0 spiro atoms. The van der Waals surface area contributed by atoms with E-state index in [2.05, 4.69) is 27.7 Å². The lowest BCUT2D eigenvalue weighted by Crippen LogP contribution is -2.22. The minimum absolute atomic E-state index is 0.439. The zero-order valence-corrected chi connectivity index (χ0v) is 7.78. The van der Waals surface area contributed by atoms with Gasteiger partial charge in [-0.05, 0) is 24.3 Å². The van der Waals surface area contributed by atoms with E-state index in [1.807, 2.05) is 0 Å². The maximum Gasteiger partial charge on any atom is -0.00744 e. The Morgan fingerprint density at radius 2 is 1.80 bits per heavy atom. The summed E-state index contributed by atoms with van der Waals surface area (Å²) in [6, 6.07) is 0. The molecule has 0 saturated carbocycles. The highest BCUT2D eigenvalue weighted by atomic mass is 14.5. The highest BCUT2D eigenvalue weighted by molar-refractivity contribution is 4.72. The normalized spacial score (nSPS) is 15.3. The summed E-state index contributed by atoms with van der Waals surface area (Å²) >= 11 is 0. The van der Waals surface area contributed by atoms with Crippen molar-refractivity contribution in [1.29, 1.82) is 0 Å². The van der Waals surface area contributed by atoms with Crippen molar-refractivity contribution in [2.24, 2.45) is 17.1 Å². The molecular formula is C9H21N. The van der Waals surface area contributed by atoms with Gasteiger partial charge in [0, 0.05) is 0 Å². The predicted molar refractivity (Wildman–Crippen MR) is 46.9 cm³/mol. The molecule has 0 radical (unpaired) electrons. The Kier molecular flexibility index (Phi) is 3.95. The van der Waals surface area contributed by atoms with E-state index in [1.165, 1.54) is 12.8 Å². The molecule has 0 aromatic carbocycles. The van der Waals surface area contributed by atoms with Gasteiger partial charge < -0.3 is 5.73 Å². The summed E-state index contributed by atoms with van der Waals surface area (Å²) in [5, 5.41) is 0. The van der Waals surface area contributed by atoms with Gasteiger partial charge in [0.05, 0.1) is 0 Å². The first-order chi connectivity index (χ1) is 4.52. The number of rotatable bonds is 3. The Bertz CT molecular complexity index is 81.2. The zero-order chi connectivity index (χ0) is 8.20. The molecule has 0 bridgehead atoms. The van der Waals surface area contributed by atoms with E-state index in [1.54, 1.807) is 0 Å². The van der Waals surface area contributed by atoms with E-state index in [4.69, 9.17) is 5.73 Å². The fourth-order valence-corrected chi connectivity index (χ4v) is 1.45. The first kappa shape index (κ1) is 9.96. The molecule has 1 unspecified atom stereocenters. The summed E-state index contributed by atoms with van der Waals surface area (Å²) in [5.41, 5.74) is 5.94. The largest absolute Gasteiger partial charge is 0.330 e. The van der Waals surface area contributed by atoms with Crippen LogP contribution in [-0.2, 0) is 0 Å². The summed E-state index contributed by atoms with van der Waals surface area (Å²) in [6.45, 7) is 9.94. The van der Waals surface area contributed by atoms with Gasteiger partial charge in [0.15, 0.2) is 0 Å². The number of nitrogens with two attached hydrogens (primary N) is 1. The molecule has 0 aliphatic rings. The van der Waals surface area contributed by atoms with E-state index in [0.29, 0.717) is 5.41 Å². The van der Waals surface area contributed by atoms with Crippen LogP contribution in [0.1, 0.15) is 40.5 Å². The van der Waals surface area contributed by atoms with Crippen LogP contribution in [-0.4, -0.2) is 6.54 Å². The molecule has 2 N–H and O–H groups in total. The average molecular weight is 143 g/mol. The van der Waals surface area contributed by atoms with Crippen LogP contribution in [0.15, 0.2) is 0 Å². The van der Waals surface area contributed by atoms with Gasteiger partial charge in [-0.15, -0.1) is 0 Å². The topological polar surface area (TPSA) is 26.0 Å². The Morgan fingerprint density at radius 3 is 1.90 bits per heavy atom. The van der Waals surface area contributed by atoms with E-state index in [-0.39, 0.29) is 0 Å². The van der Waals surface area contributed by atoms with Crippen molar-refractivity contribution in [3.05, 3.63) is 0 Å². The maximum atomic E-state index is 5.50. The molecule has 1 atom stereocenters. The highest BCUT2D eigenvalue weighted by Gasteiger charge is 2.21. The van der Waals surface area contributed by atoms with Crippen LogP contribution < -0.4 is 5.73 Å². The van der Waals surface area contributed by atoms with Crippen molar-refractivity contribution >= 4 is 0 Å². The third-order valence-electron chi connectivity index (χ3n) is 2.23. The Labute approximate surface area is 65.0 Å². The fourth-order valence-electron chi connectivity index (χ4n) is 1.45. The van der Waals surface area contributed by atoms with E-state index < -0.39 is 0 Å². The van der Waals surface area contributed by atoms with Crippen LogP contribution in [0.3, 0.4) is 0 Å². The van der Waals surface area contributed by atoms with Gasteiger partial charge in [-0.2, -0.15) is 0 Å². The summed E-state index contributed by atoms with van der Waals surface area (Å²) in [4.78, 5) is 0. The molecule has 0 aromatic heterocycles. The van der Waals surface area contributed by atoms with Crippen LogP contribution in [0.4, 0.5) is 0 Å². The van der Waals surface area contributed by atoms with Gasteiger partial charge in [0.1, 0.15) is 0 Å². The summed E-state index contributed by atoms with van der Waals surface area (Å²) in [6.07, 6.45) is 2.42. The highest BCUT2D eigenvalue weighted by Crippen LogP contribution is 2.30. The zero-order valence-electron chi connectivity index (χ0n) is 7.78. The third kappa shape index (κ3) is 3.21. The molecule has 0 heterocycles. The van der Waals surface area contributed by atoms with Gasteiger partial charge in [-0.1, -0.05) is 34.1 Å². The SMILES string of the molecule is CCC(CCN)C(C)(C)C. The van der Waals surface area contributed by atoms with Crippen LogP contribution in [0, 0.1) is 11.3 Å². The fraction of sp³-hybridized carbons (Fsp3) is 1.00. The smallest absolute Gasteiger partial charge is 0.00744 e. The van der Waals surface area contributed by atoms with Crippen LogP contribution in [0.2, 0.25) is 0 Å². The van der Waals surface area contributed by atoms with Crippen molar-refractivity contribution in [3.8, 4) is 0 Å². The standard InChI is InChI=1S/C9H21N/c1-5-8(6-7-10)9(2,3)4/h8H,5-7,10H2,1-4H3. The third-order valence-corrected chi connectivity index (χ3v) is 2.23. The lowest BCUT2D eigenvalue weighted by Gasteiger charge is -2.29. The van der Waals surface area contributed by atoms with Gasteiger partial charge in [-0.3, -0.25) is 0 Å². The quantitative estimate of drug-likeness (QED) is 0.645. The predicted octanol–water partition coefficient (Wildman–Crippen LogP) is 2.41. The number of hydrogen-bond donors (Lipinski definition) is 1. The second kappa shape index (κ2) is 3.97. The van der Waals surface area contributed by atoms with Crippen molar-refractivity contribution in [2.75, 3.05) is 6.54 Å². The first-order valence-corrected chi connectivity index (χ1v) is 4.22. The molecule has 0 aromatic rings. The molecular weight excluding hydrogens is 122 g/mol. The monoisotopic (exact) mass is 143 g/mol. The molecule has 62 valence electrons. The van der Waals surface area contributed by atoms with Crippen molar-refractivity contribution in [2.45, 2.75) is 40.5 Å². The maximum absolute atomic E-state index is 5.50. The molecule has 1 nitrogen and oxygen atoms in total. The molecule has 0 aliphatic carbocycles.